The van der Waals surface area contributed by atoms with Gasteiger partial charge >= 0.3 is 5.69 Å². The third kappa shape index (κ3) is 3.74. The highest BCUT2D eigenvalue weighted by Gasteiger charge is 2.44. The topological polar surface area (TPSA) is 159 Å². The van der Waals surface area contributed by atoms with Gasteiger partial charge in [-0.15, -0.1) is 0 Å². The number of benzene rings is 1. The Hall–Kier alpha value is -3.41. The first-order valence-corrected chi connectivity index (χ1v) is 9.58. The van der Waals surface area contributed by atoms with Crippen LogP contribution in [0.2, 0.25) is 0 Å². The molecule has 0 radical (unpaired) electrons. The lowest BCUT2D eigenvalue weighted by Gasteiger charge is -2.17. The molecule has 0 spiro atoms. The number of hydrogen-bond donors (Lipinski definition) is 3. The van der Waals surface area contributed by atoms with Crippen molar-refractivity contribution in [1.82, 2.24) is 14.5 Å². The van der Waals surface area contributed by atoms with E-state index in [9.17, 15) is 34.2 Å². The second-order valence-electron chi connectivity index (χ2n) is 7.38. The Morgan fingerprint density at radius 2 is 1.65 bits per heavy atom. The van der Waals surface area contributed by atoms with Gasteiger partial charge in [-0.05, 0) is 18.6 Å². The number of Topliss-reactive ketones (excluding diaryl/α,β-unsaturated/α-hetero) is 1. The Morgan fingerprint density at radius 1 is 1.00 bits per heavy atom. The van der Waals surface area contributed by atoms with Crippen molar-refractivity contribution >= 4 is 17.6 Å². The summed E-state index contributed by atoms with van der Waals surface area (Å²) < 4.78 is 6.49. The molecule has 1 unspecified atom stereocenters. The molecule has 1 fully saturated rings. The number of rotatable bonds is 6. The zero-order chi connectivity index (χ0) is 22.3. The maximum atomic E-state index is 12.4. The number of fused-ring (bicyclic) bond motifs is 1. The lowest BCUT2D eigenvalue weighted by molar-refractivity contribution is -0.120. The van der Waals surface area contributed by atoms with E-state index >= 15 is 0 Å². The molecule has 2 aliphatic rings. The van der Waals surface area contributed by atoms with Crippen LogP contribution in [0.25, 0.3) is 0 Å². The summed E-state index contributed by atoms with van der Waals surface area (Å²) in [6.07, 6.45) is -4.04. The smallest absolute Gasteiger partial charge is 0.330 e. The molecule has 3 N–H and O–H groups in total. The fourth-order valence-electron chi connectivity index (χ4n) is 3.77. The fraction of sp³-hybridized carbons (Fsp3) is 0.350. The van der Waals surface area contributed by atoms with Crippen molar-refractivity contribution in [2.45, 2.75) is 37.4 Å². The van der Waals surface area contributed by atoms with Crippen molar-refractivity contribution in [3.8, 4) is 0 Å². The molecule has 3 heterocycles. The number of aromatic nitrogens is 2. The Morgan fingerprint density at radius 3 is 2.26 bits per heavy atom. The number of amides is 2. The van der Waals surface area contributed by atoms with E-state index in [1.54, 1.807) is 12.1 Å². The molecule has 0 bridgehead atoms. The SMILES string of the molecule is O=C(CC[C@H]1O[C@@H](n2ccc(=O)[nH]c2=O)[C@@H](O)C1O)CN1C(=O)c2ccccc2C1=O. The predicted octanol–water partition coefficient (Wildman–Crippen LogP) is -1.20. The standard InChI is InChI=1S/C20H19N3O8/c24-10(9-23-17(28)11-3-1-2-4-12(11)18(23)29)5-6-13-15(26)16(27)19(31-13)22-8-7-14(25)21-20(22)30/h1-4,7-8,13,15-16,19,26-27H,5-6,9H2,(H,21,25,30)/t13-,15?,16+,19-/m1/s1. The van der Waals surface area contributed by atoms with E-state index in [1.807, 2.05) is 4.98 Å². The average Bonchev–Trinajstić information content (AvgIpc) is 3.16. The van der Waals surface area contributed by atoms with Crippen LogP contribution in [0.5, 0.6) is 0 Å². The minimum atomic E-state index is -1.46. The van der Waals surface area contributed by atoms with E-state index in [4.69, 9.17) is 4.74 Å². The quantitative estimate of drug-likeness (QED) is 0.483. The molecule has 1 aromatic carbocycles. The fourth-order valence-corrected chi connectivity index (χ4v) is 3.77. The van der Waals surface area contributed by atoms with Crippen LogP contribution in [-0.2, 0) is 9.53 Å². The molecule has 4 rings (SSSR count). The van der Waals surface area contributed by atoms with Crippen molar-refractivity contribution in [2.24, 2.45) is 0 Å². The lowest BCUT2D eigenvalue weighted by Crippen LogP contribution is -2.37. The number of ketones is 1. The number of H-pyrrole nitrogens is 1. The molecule has 11 nitrogen and oxygen atoms in total. The number of imide groups is 1. The van der Waals surface area contributed by atoms with Gasteiger partial charge in [-0.1, -0.05) is 12.1 Å². The van der Waals surface area contributed by atoms with Gasteiger partial charge in [0.25, 0.3) is 17.4 Å². The molecule has 11 heteroatoms. The Kier molecular flexibility index (Phi) is 5.39. The third-order valence-corrected chi connectivity index (χ3v) is 5.38. The molecule has 1 saturated heterocycles. The minimum Gasteiger partial charge on any atom is -0.388 e. The first-order chi connectivity index (χ1) is 14.8. The van der Waals surface area contributed by atoms with Crippen LogP contribution in [0.3, 0.4) is 0 Å². The largest absolute Gasteiger partial charge is 0.388 e. The predicted molar refractivity (Wildman–Crippen MR) is 103 cm³/mol. The molecule has 2 aliphatic heterocycles. The highest BCUT2D eigenvalue weighted by atomic mass is 16.6. The Bertz CT molecular complexity index is 1130. The van der Waals surface area contributed by atoms with E-state index in [1.165, 1.54) is 12.1 Å². The molecular weight excluding hydrogens is 410 g/mol. The molecular formula is C20H19N3O8. The number of aliphatic hydroxyl groups excluding tert-OH is 2. The summed E-state index contributed by atoms with van der Waals surface area (Å²) in [5.41, 5.74) is -0.949. The third-order valence-electron chi connectivity index (χ3n) is 5.38. The second-order valence-corrected chi connectivity index (χ2v) is 7.38. The summed E-state index contributed by atoms with van der Waals surface area (Å²) >= 11 is 0. The number of carbonyl (C=O) groups excluding carboxylic acids is 3. The van der Waals surface area contributed by atoms with Crippen molar-refractivity contribution in [3.05, 3.63) is 68.5 Å². The molecule has 31 heavy (non-hydrogen) atoms. The normalized spacial score (nSPS) is 25.2. The molecule has 0 saturated carbocycles. The highest BCUT2D eigenvalue weighted by molar-refractivity contribution is 6.22. The van der Waals surface area contributed by atoms with E-state index in [0.717, 1.165) is 21.7 Å². The van der Waals surface area contributed by atoms with Crippen LogP contribution in [0, 0.1) is 0 Å². The number of hydrogen-bond acceptors (Lipinski definition) is 8. The number of nitrogens with one attached hydrogen (secondary N) is 1. The second kappa shape index (κ2) is 8.02. The zero-order valence-corrected chi connectivity index (χ0v) is 16.1. The van der Waals surface area contributed by atoms with Crippen molar-refractivity contribution in [3.63, 3.8) is 0 Å². The first-order valence-electron chi connectivity index (χ1n) is 9.58. The molecule has 0 aliphatic carbocycles. The molecule has 2 amide bonds. The van der Waals surface area contributed by atoms with Gasteiger partial charge in [-0.25, -0.2) is 4.79 Å². The summed E-state index contributed by atoms with van der Waals surface area (Å²) in [5, 5.41) is 20.5. The zero-order valence-electron chi connectivity index (χ0n) is 16.1. The van der Waals surface area contributed by atoms with Crippen LogP contribution >= 0.6 is 0 Å². The monoisotopic (exact) mass is 429 g/mol. The molecule has 162 valence electrons. The van der Waals surface area contributed by atoms with Crippen molar-refractivity contribution in [2.75, 3.05) is 6.54 Å². The van der Waals surface area contributed by atoms with Crippen LogP contribution < -0.4 is 11.2 Å². The van der Waals surface area contributed by atoms with Gasteiger partial charge in [0, 0.05) is 18.7 Å². The van der Waals surface area contributed by atoms with E-state index in [2.05, 4.69) is 0 Å². The van der Waals surface area contributed by atoms with Crippen molar-refractivity contribution < 1.29 is 29.3 Å². The van der Waals surface area contributed by atoms with Gasteiger partial charge in [0.05, 0.1) is 23.8 Å². The highest BCUT2D eigenvalue weighted by Crippen LogP contribution is 2.31. The summed E-state index contributed by atoms with van der Waals surface area (Å²) in [6, 6.07) is 7.36. The van der Waals surface area contributed by atoms with Crippen LogP contribution in [0.4, 0.5) is 0 Å². The summed E-state index contributed by atoms with van der Waals surface area (Å²) in [7, 11) is 0. The van der Waals surface area contributed by atoms with Gasteiger partial charge in [0.2, 0.25) is 0 Å². The minimum absolute atomic E-state index is 0.00513. The number of aromatic amines is 1. The number of aliphatic hydroxyl groups is 2. The molecule has 4 atom stereocenters. The van der Waals surface area contributed by atoms with Gasteiger partial charge in [0.1, 0.15) is 12.2 Å². The van der Waals surface area contributed by atoms with Gasteiger partial charge in [-0.2, -0.15) is 0 Å². The van der Waals surface area contributed by atoms with E-state index in [-0.39, 0.29) is 24.0 Å². The Labute approximate surface area is 174 Å². The van der Waals surface area contributed by atoms with Gasteiger partial charge in [0.15, 0.2) is 12.0 Å². The summed E-state index contributed by atoms with van der Waals surface area (Å²) in [6.45, 7) is -0.416. The Balaban J connectivity index is 1.38. The van der Waals surface area contributed by atoms with Gasteiger partial charge < -0.3 is 14.9 Å². The van der Waals surface area contributed by atoms with Crippen LogP contribution in [0.1, 0.15) is 39.8 Å². The van der Waals surface area contributed by atoms with Crippen LogP contribution in [0.15, 0.2) is 46.1 Å². The number of nitrogens with zero attached hydrogens (tertiary/aromatic N) is 2. The molecule has 1 aromatic heterocycles. The molecule has 2 aromatic rings. The summed E-state index contributed by atoms with van der Waals surface area (Å²) in [4.78, 5) is 63.1. The lowest BCUT2D eigenvalue weighted by atomic mass is 10.0. The van der Waals surface area contributed by atoms with Crippen molar-refractivity contribution in [1.29, 1.82) is 0 Å². The summed E-state index contributed by atoms with van der Waals surface area (Å²) in [5.74, 6) is -1.51. The van der Waals surface area contributed by atoms with E-state index in [0.29, 0.717) is 0 Å². The maximum absolute atomic E-state index is 12.4. The number of ether oxygens (including phenoxy) is 1. The van der Waals surface area contributed by atoms with E-state index < -0.39 is 59.9 Å². The number of carbonyl (C=O) groups is 3. The first kappa shape index (κ1) is 20.8. The van der Waals surface area contributed by atoms with Gasteiger partial charge in [-0.3, -0.25) is 33.6 Å². The van der Waals surface area contributed by atoms with Crippen LogP contribution in [-0.4, -0.2) is 67.1 Å². The average molecular weight is 429 g/mol. The maximum Gasteiger partial charge on any atom is 0.330 e.